The molecule has 0 bridgehead atoms. The number of benzene rings is 2. The zero-order valence-electron chi connectivity index (χ0n) is 19.8. The van der Waals surface area contributed by atoms with Crippen LogP contribution in [0.3, 0.4) is 0 Å². The van der Waals surface area contributed by atoms with Crippen molar-refractivity contribution in [1.29, 1.82) is 0 Å². The number of halogens is 1. The summed E-state index contributed by atoms with van der Waals surface area (Å²) in [7, 11) is 0. The Labute approximate surface area is 190 Å². The summed E-state index contributed by atoms with van der Waals surface area (Å²) >= 11 is 0. The fourth-order valence-corrected chi connectivity index (χ4v) is 4.64. The van der Waals surface area contributed by atoms with Gasteiger partial charge in [0.2, 0.25) is 0 Å². The molecule has 32 heavy (non-hydrogen) atoms. The molecule has 1 fully saturated rings. The van der Waals surface area contributed by atoms with E-state index in [1.165, 1.54) is 0 Å². The zero-order chi connectivity index (χ0) is 23.7. The second kappa shape index (κ2) is 9.16. The van der Waals surface area contributed by atoms with Gasteiger partial charge in [-0.1, -0.05) is 48.9 Å². The second-order valence-corrected chi connectivity index (χ2v) is 9.29. The van der Waals surface area contributed by atoms with E-state index in [2.05, 4.69) is 6.07 Å². The molecule has 1 heterocycles. The lowest BCUT2D eigenvalue weighted by atomic mass is 9.86. The van der Waals surface area contributed by atoms with Gasteiger partial charge in [-0.05, 0) is 74.9 Å². The zero-order valence-corrected chi connectivity index (χ0v) is 19.8. The molecule has 2 aromatic carbocycles. The number of hydrogen-bond acceptors (Lipinski definition) is 3. The van der Waals surface area contributed by atoms with Gasteiger partial charge in [0.15, 0.2) is 5.79 Å². The Morgan fingerprint density at radius 2 is 1.97 bits per heavy atom. The minimum atomic E-state index is -0.925. The van der Waals surface area contributed by atoms with E-state index < -0.39 is 17.4 Å². The van der Waals surface area contributed by atoms with Crippen LogP contribution in [0.15, 0.2) is 36.4 Å². The predicted molar refractivity (Wildman–Crippen MR) is 125 cm³/mol. The Kier molecular flexibility index (Phi) is 6.91. The lowest BCUT2D eigenvalue weighted by Crippen LogP contribution is -2.52. The third-order valence-corrected chi connectivity index (χ3v) is 6.13. The molecule has 0 aromatic heterocycles. The van der Waals surface area contributed by atoms with Crippen LogP contribution < -0.4 is 0 Å². The van der Waals surface area contributed by atoms with Crippen molar-refractivity contribution >= 4 is 12.0 Å². The van der Waals surface area contributed by atoms with E-state index in [9.17, 15) is 14.3 Å². The van der Waals surface area contributed by atoms with Crippen molar-refractivity contribution in [2.75, 3.05) is 0 Å². The molecule has 1 N–H and O–H groups in total. The van der Waals surface area contributed by atoms with Crippen molar-refractivity contribution in [2.45, 2.75) is 78.3 Å². The second-order valence-electron chi connectivity index (χ2n) is 9.29. The van der Waals surface area contributed by atoms with Gasteiger partial charge < -0.3 is 14.6 Å². The van der Waals surface area contributed by atoms with Gasteiger partial charge in [0.1, 0.15) is 5.82 Å². The van der Waals surface area contributed by atoms with Gasteiger partial charge >= 0.3 is 5.97 Å². The van der Waals surface area contributed by atoms with Crippen molar-refractivity contribution in [3.63, 3.8) is 0 Å². The van der Waals surface area contributed by atoms with Crippen LogP contribution in [0.1, 0.15) is 62.3 Å². The molecule has 0 radical (unpaired) electrons. The van der Waals surface area contributed by atoms with Crippen molar-refractivity contribution in [3.05, 3.63) is 64.5 Å². The maximum Gasteiger partial charge on any atom is 0.306 e. The van der Waals surface area contributed by atoms with E-state index in [0.717, 1.165) is 22.3 Å². The van der Waals surface area contributed by atoms with Gasteiger partial charge in [0.25, 0.3) is 0 Å². The summed E-state index contributed by atoms with van der Waals surface area (Å²) in [5.41, 5.74) is 4.29. The van der Waals surface area contributed by atoms with E-state index in [1.54, 1.807) is 27.7 Å². The van der Waals surface area contributed by atoms with E-state index >= 15 is 0 Å². The number of rotatable bonds is 6. The highest BCUT2D eigenvalue weighted by Crippen LogP contribution is 2.40. The van der Waals surface area contributed by atoms with E-state index in [0.29, 0.717) is 24.0 Å². The van der Waals surface area contributed by atoms with Crippen LogP contribution in [0.5, 0.6) is 0 Å². The third-order valence-electron chi connectivity index (χ3n) is 6.13. The summed E-state index contributed by atoms with van der Waals surface area (Å²) in [5.74, 6) is -2.04. The maximum atomic E-state index is 14.8. The van der Waals surface area contributed by atoms with E-state index in [4.69, 9.17) is 9.47 Å². The quantitative estimate of drug-likeness (QED) is 0.550. The maximum absolute atomic E-state index is 14.8. The summed E-state index contributed by atoms with van der Waals surface area (Å²) in [6.45, 7) is 11.1. The molecule has 1 aliphatic heterocycles. The topological polar surface area (TPSA) is 55.8 Å². The lowest BCUT2D eigenvalue weighted by molar-refractivity contribution is -0.326. The van der Waals surface area contributed by atoms with Crippen LogP contribution >= 0.6 is 0 Å². The molecule has 0 spiro atoms. The van der Waals surface area contributed by atoms with Crippen molar-refractivity contribution in [2.24, 2.45) is 0 Å². The molecule has 3 rings (SSSR count). The molecule has 0 aliphatic carbocycles. The lowest BCUT2D eigenvalue weighted by Gasteiger charge is -2.47. The molecule has 5 heteroatoms. The Hall–Kier alpha value is -2.50. The average Bonchev–Trinajstić information content (AvgIpc) is 2.69. The number of hydrogen-bond donors (Lipinski definition) is 1. The first-order valence-corrected chi connectivity index (χ1v) is 11.1. The standard InChI is InChI=1S/C27H33FO4/c1-7-27(16-24(29)30)15-21(31-26(5,6)32-27)11-12-22-19(4)25(28)18(3)14-23(22)20-10-8-9-17(2)13-20/h8-14,21H,7,15-16H2,1-6H3,(H,29,30)/t21-,27-/m1/s1. The van der Waals surface area contributed by atoms with Gasteiger partial charge in [-0.2, -0.15) is 0 Å². The minimum absolute atomic E-state index is 0.0899. The summed E-state index contributed by atoms with van der Waals surface area (Å²) in [4.78, 5) is 11.5. The Morgan fingerprint density at radius 1 is 1.25 bits per heavy atom. The van der Waals surface area contributed by atoms with E-state index in [1.807, 2.05) is 50.3 Å². The number of aryl methyl sites for hydroxylation is 2. The minimum Gasteiger partial charge on any atom is -0.481 e. The van der Waals surface area contributed by atoms with Crippen LogP contribution in [0.25, 0.3) is 17.2 Å². The van der Waals surface area contributed by atoms with Crippen LogP contribution in [-0.2, 0) is 14.3 Å². The molecule has 0 amide bonds. The number of carbonyl (C=O) groups is 1. The number of carboxylic acid groups (broad SMARTS) is 1. The predicted octanol–water partition coefficient (Wildman–Crippen LogP) is 6.60. The van der Waals surface area contributed by atoms with E-state index in [-0.39, 0.29) is 18.3 Å². The number of aliphatic carboxylic acids is 1. The third kappa shape index (κ3) is 5.28. The van der Waals surface area contributed by atoms with Gasteiger partial charge in [-0.25, -0.2) is 4.39 Å². The Balaban J connectivity index is 2.03. The average molecular weight is 441 g/mol. The Morgan fingerprint density at radius 3 is 2.59 bits per heavy atom. The first-order chi connectivity index (χ1) is 14.9. The van der Waals surface area contributed by atoms with Gasteiger partial charge in [-0.15, -0.1) is 0 Å². The van der Waals surface area contributed by atoms with Gasteiger partial charge in [0, 0.05) is 6.42 Å². The summed E-state index contributed by atoms with van der Waals surface area (Å²) in [6, 6.07) is 10.0. The van der Waals surface area contributed by atoms with Crippen LogP contribution in [0.2, 0.25) is 0 Å². The fraction of sp³-hybridized carbons (Fsp3) is 0.444. The molecule has 172 valence electrons. The Bertz CT molecular complexity index is 1040. The molecule has 2 aromatic rings. The number of carboxylic acids is 1. The molecule has 4 nitrogen and oxygen atoms in total. The molecule has 0 unspecified atom stereocenters. The SMILES string of the molecule is CC[C@]1(CC(=O)O)C[C@@H](C=Cc2c(-c3cccc(C)c3)cc(C)c(F)c2C)OC(C)(C)O1. The highest BCUT2D eigenvalue weighted by molar-refractivity contribution is 5.78. The van der Waals surface area contributed by atoms with Crippen molar-refractivity contribution < 1.29 is 23.8 Å². The van der Waals surface area contributed by atoms with Crippen LogP contribution in [0.4, 0.5) is 4.39 Å². The molecular weight excluding hydrogens is 407 g/mol. The molecule has 2 atom stereocenters. The van der Waals surface area contributed by atoms with Gasteiger partial charge in [0.05, 0.1) is 18.1 Å². The highest BCUT2D eigenvalue weighted by atomic mass is 19.1. The molecular formula is C27H33FO4. The summed E-state index contributed by atoms with van der Waals surface area (Å²) < 4.78 is 27.0. The molecule has 1 saturated heterocycles. The van der Waals surface area contributed by atoms with Crippen molar-refractivity contribution in [3.8, 4) is 11.1 Å². The molecule has 0 saturated carbocycles. The normalized spacial score (nSPS) is 22.9. The fourth-order valence-electron chi connectivity index (χ4n) is 4.64. The smallest absolute Gasteiger partial charge is 0.306 e. The largest absolute Gasteiger partial charge is 0.481 e. The monoisotopic (exact) mass is 440 g/mol. The van der Waals surface area contributed by atoms with Crippen molar-refractivity contribution in [1.82, 2.24) is 0 Å². The van der Waals surface area contributed by atoms with Crippen LogP contribution in [0, 0.1) is 26.6 Å². The highest BCUT2D eigenvalue weighted by Gasteiger charge is 2.45. The first-order valence-electron chi connectivity index (χ1n) is 11.1. The summed E-state index contributed by atoms with van der Waals surface area (Å²) in [5, 5.41) is 9.42. The van der Waals surface area contributed by atoms with Gasteiger partial charge in [-0.3, -0.25) is 4.79 Å². The number of ether oxygens (including phenoxy) is 2. The first kappa shape index (κ1) is 24.1. The molecule has 1 aliphatic rings. The van der Waals surface area contributed by atoms with Crippen LogP contribution in [-0.4, -0.2) is 28.6 Å². The summed E-state index contributed by atoms with van der Waals surface area (Å²) in [6.07, 6.45) is 4.35.